The van der Waals surface area contributed by atoms with Crippen LogP contribution < -0.4 is 5.32 Å². The number of carbonyl (C=O) groups excluding carboxylic acids is 1. The molecule has 6 heteroatoms. The van der Waals surface area contributed by atoms with E-state index < -0.39 is 0 Å². The van der Waals surface area contributed by atoms with Gasteiger partial charge in [-0.05, 0) is 61.9 Å². The summed E-state index contributed by atoms with van der Waals surface area (Å²) in [5.74, 6) is -0.00544. The number of nitrogens with one attached hydrogen (secondary N) is 1. The Labute approximate surface area is 162 Å². The van der Waals surface area contributed by atoms with Crippen molar-refractivity contribution < 1.29 is 9.18 Å². The summed E-state index contributed by atoms with van der Waals surface area (Å²) < 4.78 is 16.8. The molecule has 28 heavy (non-hydrogen) atoms. The zero-order valence-corrected chi connectivity index (χ0v) is 15.6. The number of amides is 1. The predicted octanol–water partition coefficient (Wildman–Crippen LogP) is 4.67. The van der Waals surface area contributed by atoms with Gasteiger partial charge >= 0.3 is 0 Å². The fourth-order valence-corrected chi connectivity index (χ4v) is 3.14. The highest BCUT2D eigenvalue weighted by Gasteiger charge is 2.20. The van der Waals surface area contributed by atoms with E-state index in [-0.39, 0.29) is 11.7 Å². The van der Waals surface area contributed by atoms with E-state index in [1.807, 2.05) is 61.1 Å². The number of benzene rings is 2. The fourth-order valence-electron chi connectivity index (χ4n) is 3.14. The van der Waals surface area contributed by atoms with Crippen molar-refractivity contribution in [2.24, 2.45) is 0 Å². The number of rotatable bonds is 4. The molecule has 4 rings (SSSR count). The summed E-state index contributed by atoms with van der Waals surface area (Å²) in [5.41, 5.74) is 3.95. The van der Waals surface area contributed by atoms with Gasteiger partial charge in [-0.2, -0.15) is 5.10 Å². The molecule has 0 bridgehead atoms. The standard InChI is InChI=1S/C22H19FN4O/c1-15-5-10-20(16(2)13-15)25-21(28)19-14-24-27(18-8-6-17(23)7-9-18)22(19)26-11-3-4-12-26/h3-14H,1-2H3,(H,25,28). The normalized spacial score (nSPS) is 10.8. The molecule has 2 aromatic heterocycles. The van der Waals surface area contributed by atoms with Crippen molar-refractivity contribution >= 4 is 11.6 Å². The van der Waals surface area contributed by atoms with E-state index in [2.05, 4.69) is 10.4 Å². The van der Waals surface area contributed by atoms with Gasteiger partial charge in [-0.1, -0.05) is 17.7 Å². The Balaban J connectivity index is 1.76. The van der Waals surface area contributed by atoms with Gasteiger partial charge in [0.25, 0.3) is 5.91 Å². The number of halogens is 1. The quantitative estimate of drug-likeness (QED) is 0.564. The van der Waals surface area contributed by atoms with E-state index in [1.165, 1.54) is 18.3 Å². The molecule has 0 radical (unpaired) electrons. The second kappa shape index (κ2) is 7.15. The fraction of sp³-hybridized carbons (Fsp3) is 0.0909. The molecule has 0 aliphatic rings. The summed E-state index contributed by atoms with van der Waals surface area (Å²) in [5, 5.41) is 7.35. The van der Waals surface area contributed by atoms with Crippen LogP contribution in [-0.2, 0) is 0 Å². The van der Waals surface area contributed by atoms with Crippen LogP contribution in [0.3, 0.4) is 0 Å². The summed E-state index contributed by atoms with van der Waals surface area (Å²) in [4.78, 5) is 13.0. The monoisotopic (exact) mass is 374 g/mol. The van der Waals surface area contributed by atoms with E-state index >= 15 is 0 Å². The molecule has 0 unspecified atom stereocenters. The minimum absolute atomic E-state index is 0.260. The summed E-state index contributed by atoms with van der Waals surface area (Å²) in [6.45, 7) is 3.97. The van der Waals surface area contributed by atoms with Crippen LogP contribution in [0, 0.1) is 19.7 Å². The maximum atomic E-state index is 13.3. The van der Waals surface area contributed by atoms with Crippen LogP contribution in [0.1, 0.15) is 21.5 Å². The van der Waals surface area contributed by atoms with Crippen molar-refractivity contribution in [3.63, 3.8) is 0 Å². The van der Waals surface area contributed by atoms with Crippen LogP contribution in [0.25, 0.3) is 11.5 Å². The third kappa shape index (κ3) is 3.32. The highest BCUT2D eigenvalue weighted by atomic mass is 19.1. The molecule has 5 nitrogen and oxygen atoms in total. The largest absolute Gasteiger partial charge is 0.322 e. The minimum Gasteiger partial charge on any atom is -0.322 e. The average molecular weight is 374 g/mol. The number of aryl methyl sites for hydroxylation is 2. The van der Waals surface area contributed by atoms with Crippen LogP contribution in [0.4, 0.5) is 10.1 Å². The van der Waals surface area contributed by atoms with E-state index in [0.717, 1.165) is 16.8 Å². The van der Waals surface area contributed by atoms with Gasteiger partial charge in [0.2, 0.25) is 0 Å². The van der Waals surface area contributed by atoms with E-state index in [9.17, 15) is 9.18 Å². The van der Waals surface area contributed by atoms with E-state index in [4.69, 9.17) is 0 Å². The first-order valence-electron chi connectivity index (χ1n) is 8.89. The predicted molar refractivity (Wildman–Crippen MR) is 107 cm³/mol. The summed E-state index contributed by atoms with van der Waals surface area (Å²) in [6, 6.07) is 15.6. The maximum absolute atomic E-state index is 13.3. The molecule has 4 aromatic rings. The minimum atomic E-state index is -0.328. The maximum Gasteiger partial charge on any atom is 0.261 e. The first-order chi connectivity index (χ1) is 13.5. The van der Waals surface area contributed by atoms with E-state index in [0.29, 0.717) is 17.1 Å². The van der Waals surface area contributed by atoms with Crippen molar-refractivity contribution in [1.29, 1.82) is 0 Å². The highest BCUT2D eigenvalue weighted by Crippen LogP contribution is 2.23. The molecule has 1 N–H and O–H groups in total. The number of anilines is 1. The molecule has 0 atom stereocenters. The number of hydrogen-bond donors (Lipinski definition) is 1. The SMILES string of the molecule is Cc1ccc(NC(=O)c2cnn(-c3ccc(F)cc3)c2-n2cccc2)c(C)c1. The number of hydrogen-bond acceptors (Lipinski definition) is 2. The topological polar surface area (TPSA) is 51.9 Å². The lowest BCUT2D eigenvalue weighted by molar-refractivity contribution is 0.102. The van der Waals surface area contributed by atoms with Gasteiger partial charge < -0.3 is 9.88 Å². The molecule has 0 spiro atoms. The lowest BCUT2D eigenvalue weighted by Gasteiger charge is -2.12. The van der Waals surface area contributed by atoms with Crippen molar-refractivity contribution in [3.8, 4) is 11.5 Å². The van der Waals surface area contributed by atoms with Crippen LogP contribution in [-0.4, -0.2) is 20.3 Å². The van der Waals surface area contributed by atoms with Crippen LogP contribution >= 0.6 is 0 Å². The molecule has 140 valence electrons. The Bertz CT molecular complexity index is 1130. The Morgan fingerprint density at radius 1 is 1.04 bits per heavy atom. The van der Waals surface area contributed by atoms with Crippen LogP contribution in [0.2, 0.25) is 0 Å². The van der Waals surface area contributed by atoms with Crippen LogP contribution in [0.15, 0.2) is 73.2 Å². The number of carbonyl (C=O) groups is 1. The first-order valence-corrected chi connectivity index (χ1v) is 8.89. The highest BCUT2D eigenvalue weighted by molar-refractivity contribution is 6.06. The molecular weight excluding hydrogens is 355 g/mol. The van der Waals surface area contributed by atoms with Gasteiger partial charge in [-0.25, -0.2) is 9.07 Å². The summed E-state index contributed by atoms with van der Waals surface area (Å²) in [6.07, 6.45) is 5.20. The third-order valence-corrected chi connectivity index (χ3v) is 4.54. The Kier molecular flexibility index (Phi) is 4.53. The number of nitrogens with zero attached hydrogens (tertiary/aromatic N) is 3. The summed E-state index contributed by atoms with van der Waals surface area (Å²) >= 11 is 0. The molecule has 0 aliphatic heterocycles. The molecule has 0 fully saturated rings. The molecular formula is C22H19FN4O. The molecule has 1 amide bonds. The van der Waals surface area contributed by atoms with Crippen molar-refractivity contribution in [2.75, 3.05) is 5.32 Å². The molecule has 0 saturated heterocycles. The zero-order chi connectivity index (χ0) is 19.7. The average Bonchev–Trinajstić information content (AvgIpc) is 3.33. The third-order valence-electron chi connectivity index (χ3n) is 4.54. The second-order valence-electron chi connectivity index (χ2n) is 6.63. The Hall–Kier alpha value is -3.67. The second-order valence-corrected chi connectivity index (χ2v) is 6.63. The van der Waals surface area contributed by atoms with Gasteiger partial charge in [-0.15, -0.1) is 0 Å². The van der Waals surface area contributed by atoms with Crippen LogP contribution in [0.5, 0.6) is 0 Å². The van der Waals surface area contributed by atoms with Gasteiger partial charge in [0.1, 0.15) is 11.4 Å². The van der Waals surface area contributed by atoms with Crippen molar-refractivity contribution in [1.82, 2.24) is 14.3 Å². The lowest BCUT2D eigenvalue weighted by atomic mass is 10.1. The van der Waals surface area contributed by atoms with Gasteiger partial charge in [0.15, 0.2) is 5.82 Å². The Morgan fingerprint density at radius 2 is 1.75 bits per heavy atom. The summed E-state index contributed by atoms with van der Waals surface area (Å²) in [7, 11) is 0. The van der Waals surface area contributed by atoms with Gasteiger partial charge in [-0.3, -0.25) is 4.79 Å². The lowest BCUT2D eigenvalue weighted by Crippen LogP contribution is -2.16. The zero-order valence-electron chi connectivity index (χ0n) is 15.6. The molecule has 0 saturated carbocycles. The smallest absolute Gasteiger partial charge is 0.261 e. The Morgan fingerprint density at radius 3 is 2.43 bits per heavy atom. The molecule has 0 aliphatic carbocycles. The van der Waals surface area contributed by atoms with Gasteiger partial charge in [0, 0.05) is 18.1 Å². The van der Waals surface area contributed by atoms with Crippen molar-refractivity contribution in [3.05, 3.63) is 95.7 Å². The molecule has 2 aromatic carbocycles. The molecule has 2 heterocycles. The first kappa shape index (κ1) is 17.7. The van der Waals surface area contributed by atoms with Gasteiger partial charge in [0.05, 0.1) is 11.9 Å². The number of aromatic nitrogens is 3. The van der Waals surface area contributed by atoms with E-state index in [1.54, 1.807) is 16.8 Å². The van der Waals surface area contributed by atoms with Crippen molar-refractivity contribution in [2.45, 2.75) is 13.8 Å².